The highest BCUT2D eigenvalue weighted by Gasteiger charge is 2.01. The highest BCUT2D eigenvalue weighted by molar-refractivity contribution is 7.84. The molecule has 0 saturated heterocycles. The van der Waals surface area contributed by atoms with E-state index in [2.05, 4.69) is 6.92 Å². The van der Waals surface area contributed by atoms with Crippen LogP contribution in [0, 0.1) is 0 Å². The molecule has 5 heteroatoms. The molecule has 0 aliphatic heterocycles. The molecule has 0 spiro atoms. The van der Waals surface area contributed by atoms with Crippen LogP contribution in [0.2, 0.25) is 0 Å². The second kappa shape index (κ2) is 8.08. The van der Waals surface area contributed by atoms with Crippen molar-refractivity contribution in [3.8, 4) is 0 Å². The van der Waals surface area contributed by atoms with Crippen molar-refractivity contribution in [2.45, 2.75) is 39.2 Å². The summed E-state index contributed by atoms with van der Waals surface area (Å²) in [7, 11) is -0.754. The van der Waals surface area contributed by atoms with Crippen LogP contribution >= 0.6 is 0 Å². The van der Waals surface area contributed by atoms with Crippen molar-refractivity contribution in [2.75, 3.05) is 17.2 Å². The molecule has 1 heterocycles. The van der Waals surface area contributed by atoms with Crippen molar-refractivity contribution in [3.05, 3.63) is 28.7 Å². The molecule has 1 aromatic heterocycles. The number of rotatable bonds is 8. The van der Waals surface area contributed by atoms with Crippen LogP contribution in [0.3, 0.4) is 0 Å². The van der Waals surface area contributed by atoms with Gasteiger partial charge in [0.1, 0.15) is 0 Å². The van der Waals surface area contributed by atoms with Gasteiger partial charge in [0.2, 0.25) is 0 Å². The Morgan fingerprint density at radius 3 is 2.67 bits per heavy atom. The lowest BCUT2D eigenvalue weighted by atomic mass is 10.3. The van der Waals surface area contributed by atoms with Crippen LogP contribution in [0.5, 0.6) is 0 Å². The Morgan fingerprint density at radius 1 is 1.22 bits per heavy atom. The minimum Gasteiger partial charge on any atom is -0.398 e. The summed E-state index contributed by atoms with van der Waals surface area (Å²) < 4.78 is 13.2. The molecule has 102 valence electrons. The minimum absolute atomic E-state index is 0.0547. The predicted octanol–water partition coefficient (Wildman–Crippen LogP) is 1.76. The fraction of sp³-hybridized carbons (Fsp3) is 0.615. The summed E-state index contributed by atoms with van der Waals surface area (Å²) in [4.78, 5) is 11.5. The molecule has 0 fully saturated rings. The standard InChI is InChI=1S/C13H22N2O2S/c1-2-3-4-9-18(17)10-5-8-15-11-12(14)6-7-13(15)16/h6-7,11H,2-5,8-10,14H2,1H3. The fourth-order valence-corrected chi connectivity index (χ4v) is 2.92. The zero-order chi connectivity index (χ0) is 13.4. The third-order valence-corrected chi connectivity index (χ3v) is 4.24. The lowest BCUT2D eigenvalue weighted by Gasteiger charge is -2.06. The van der Waals surface area contributed by atoms with Gasteiger partial charge in [-0.3, -0.25) is 9.00 Å². The van der Waals surface area contributed by atoms with E-state index in [9.17, 15) is 9.00 Å². The fourth-order valence-electron chi connectivity index (χ4n) is 1.74. The Morgan fingerprint density at radius 2 is 1.94 bits per heavy atom. The van der Waals surface area contributed by atoms with E-state index in [1.54, 1.807) is 16.8 Å². The second-order valence-corrected chi connectivity index (χ2v) is 6.10. The third-order valence-electron chi connectivity index (χ3n) is 2.75. The number of nitrogens with two attached hydrogens (primary N) is 1. The molecule has 0 amide bonds. The molecule has 0 aromatic carbocycles. The summed E-state index contributed by atoms with van der Waals surface area (Å²) in [5.41, 5.74) is 6.15. The zero-order valence-corrected chi connectivity index (χ0v) is 11.7. The Balaban J connectivity index is 2.31. The van der Waals surface area contributed by atoms with Crippen LogP contribution in [0.25, 0.3) is 0 Å². The van der Waals surface area contributed by atoms with Gasteiger partial charge >= 0.3 is 0 Å². The summed E-state index contributed by atoms with van der Waals surface area (Å²) in [6.45, 7) is 2.72. The molecular formula is C13H22N2O2S. The zero-order valence-electron chi connectivity index (χ0n) is 10.9. The van der Waals surface area contributed by atoms with Crippen LogP contribution in [0.4, 0.5) is 5.69 Å². The lowest BCUT2D eigenvalue weighted by Crippen LogP contribution is -2.20. The molecule has 0 aliphatic rings. The predicted molar refractivity (Wildman–Crippen MR) is 77.1 cm³/mol. The number of nitrogen functional groups attached to an aromatic ring is 1. The molecule has 0 bridgehead atoms. The van der Waals surface area contributed by atoms with E-state index in [-0.39, 0.29) is 5.56 Å². The average Bonchev–Trinajstić information content (AvgIpc) is 2.34. The molecule has 18 heavy (non-hydrogen) atoms. The molecule has 0 aliphatic carbocycles. The lowest BCUT2D eigenvalue weighted by molar-refractivity contribution is 0.642. The van der Waals surface area contributed by atoms with E-state index in [1.807, 2.05) is 0 Å². The number of hydrogen-bond donors (Lipinski definition) is 1. The molecule has 1 aromatic rings. The molecule has 1 rings (SSSR count). The maximum absolute atomic E-state index is 11.7. The summed E-state index contributed by atoms with van der Waals surface area (Å²) >= 11 is 0. The van der Waals surface area contributed by atoms with Crippen LogP contribution in [-0.2, 0) is 17.3 Å². The van der Waals surface area contributed by atoms with Crippen molar-refractivity contribution < 1.29 is 4.21 Å². The first-order chi connectivity index (χ1) is 8.63. The Kier molecular flexibility index (Phi) is 6.72. The monoisotopic (exact) mass is 270 g/mol. The number of anilines is 1. The third kappa shape index (κ3) is 5.49. The van der Waals surface area contributed by atoms with E-state index < -0.39 is 10.8 Å². The van der Waals surface area contributed by atoms with Gasteiger partial charge in [-0.15, -0.1) is 0 Å². The quantitative estimate of drug-likeness (QED) is 0.732. The van der Waals surface area contributed by atoms with Gasteiger partial charge in [-0.2, -0.15) is 0 Å². The number of aryl methyl sites for hydroxylation is 1. The van der Waals surface area contributed by atoms with Crippen molar-refractivity contribution in [2.24, 2.45) is 0 Å². The molecule has 4 nitrogen and oxygen atoms in total. The molecule has 0 saturated carbocycles. The Labute approximate surface area is 111 Å². The normalized spacial score (nSPS) is 12.5. The van der Waals surface area contributed by atoms with E-state index >= 15 is 0 Å². The number of pyridine rings is 1. The van der Waals surface area contributed by atoms with Crippen molar-refractivity contribution in [1.82, 2.24) is 4.57 Å². The first-order valence-corrected chi connectivity index (χ1v) is 7.93. The van der Waals surface area contributed by atoms with Gasteiger partial charge in [0, 0.05) is 46.8 Å². The molecule has 1 unspecified atom stereocenters. The van der Waals surface area contributed by atoms with Crippen LogP contribution in [0.1, 0.15) is 32.6 Å². The largest absolute Gasteiger partial charge is 0.398 e. The van der Waals surface area contributed by atoms with Crippen LogP contribution < -0.4 is 11.3 Å². The maximum Gasteiger partial charge on any atom is 0.250 e. The summed E-state index contributed by atoms with van der Waals surface area (Å²) in [5, 5.41) is 0. The van der Waals surface area contributed by atoms with Gasteiger partial charge in [-0.25, -0.2) is 0 Å². The number of nitrogens with zero attached hydrogens (tertiary/aromatic N) is 1. The smallest absolute Gasteiger partial charge is 0.250 e. The summed E-state index contributed by atoms with van der Waals surface area (Å²) in [5.74, 6) is 1.44. The van der Waals surface area contributed by atoms with E-state index in [4.69, 9.17) is 5.73 Å². The van der Waals surface area contributed by atoms with E-state index in [0.717, 1.165) is 31.4 Å². The van der Waals surface area contributed by atoms with Crippen molar-refractivity contribution in [3.63, 3.8) is 0 Å². The maximum atomic E-state index is 11.7. The van der Waals surface area contributed by atoms with Gasteiger partial charge in [-0.05, 0) is 18.9 Å². The molecule has 1 atom stereocenters. The summed E-state index contributed by atoms with van der Waals surface area (Å²) in [6, 6.07) is 3.06. The second-order valence-electron chi connectivity index (χ2n) is 4.40. The van der Waals surface area contributed by atoms with E-state index in [0.29, 0.717) is 18.0 Å². The van der Waals surface area contributed by atoms with Gasteiger partial charge < -0.3 is 10.3 Å². The molecular weight excluding hydrogens is 248 g/mol. The number of aromatic nitrogens is 1. The minimum atomic E-state index is -0.754. The van der Waals surface area contributed by atoms with Crippen molar-refractivity contribution in [1.29, 1.82) is 0 Å². The highest BCUT2D eigenvalue weighted by Crippen LogP contribution is 2.00. The van der Waals surface area contributed by atoms with Crippen LogP contribution in [-0.4, -0.2) is 20.3 Å². The van der Waals surface area contributed by atoms with Gasteiger partial charge in [0.25, 0.3) is 5.56 Å². The van der Waals surface area contributed by atoms with Crippen molar-refractivity contribution >= 4 is 16.5 Å². The van der Waals surface area contributed by atoms with Gasteiger partial charge in [-0.1, -0.05) is 19.8 Å². The van der Waals surface area contributed by atoms with Gasteiger partial charge in [0.15, 0.2) is 0 Å². The van der Waals surface area contributed by atoms with Crippen LogP contribution in [0.15, 0.2) is 23.1 Å². The average molecular weight is 270 g/mol. The number of hydrogen-bond acceptors (Lipinski definition) is 3. The molecule has 2 N–H and O–H groups in total. The summed E-state index contributed by atoms with van der Waals surface area (Å²) in [6.07, 6.45) is 5.71. The van der Waals surface area contributed by atoms with Gasteiger partial charge in [0.05, 0.1) is 0 Å². The Hall–Kier alpha value is -1.10. The first kappa shape index (κ1) is 15.0. The SMILES string of the molecule is CCCCCS(=O)CCCn1cc(N)ccc1=O. The topological polar surface area (TPSA) is 65.1 Å². The highest BCUT2D eigenvalue weighted by atomic mass is 32.2. The number of unbranched alkanes of at least 4 members (excludes halogenated alkanes) is 2. The first-order valence-electron chi connectivity index (χ1n) is 6.44. The Bertz CT molecular complexity index is 443. The molecule has 0 radical (unpaired) electrons. The van der Waals surface area contributed by atoms with E-state index in [1.165, 1.54) is 6.07 Å².